The van der Waals surface area contributed by atoms with Gasteiger partial charge in [0.25, 0.3) is 0 Å². The predicted octanol–water partition coefficient (Wildman–Crippen LogP) is 3.16. The minimum absolute atomic E-state index is 0.168. The van der Waals surface area contributed by atoms with Crippen molar-refractivity contribution in [2.75, 3.05) is 37.4 Å². The van der Waals surface area contributed by atoms with Crippen molar-refractivity contribution in [3.05, 3.63) is 11.9 Å². The van der Waals surface area contributed by atoms with E-state index in [1.807, 2.05) is 0 Å². The molecule has 0 amide bonds. The number of aromatic nitrogens is 2. The van der Waals surface area contributed by atoms with E-state index in [2.05, 4.69) is 20.6 Å². The van der Waals surface area contributed by atoms with Crippen LogP contribution in [-0.2, 0) is 10.9 Å². The second-order valence-corrected chi connectivity index (χ2v) is 4.47. The molecule has 0 saturated heterocycles. The molecule has 0 atom stereocenters. The number of methoxy groups -OCH3 is 1. The van der Waals surface area contributed by atoms with E-state index in [1.165, 1.54) is 6.07 Å². The zero-order chi connectivity index (χ0) is 15.7. The van der Waals surface area contributed by atoms with Crippen LogP contribution in [0.25, 0.3) is 0 Å². The first-order valence-corrected chi connectivity index (χ1v) is 6.90. The summed E-state index contributed by atoms with van der Waals surface area (Å²) in [5.74, 6) is -0.787. The van der Waals surface area contributed by atoms with Gasteiger partial charge in [-0.25, -0.2) is 9.97 Å². The molecule has 0 unspecified atom stereocenters. The summed E-state index contributed by atoms with van der Waals surface area (Å²) in [6.07, 6.45) is -1.85. The van der Waals surface area contributed by atoms with Crippen molar-refractivity contribution in [3.63, 3.8) is 0 Å². The highest BCUT2D eigenvalue weighted by Gasteiger charge is 2.35. The highest BCUT2D eigenvalue weighted by atomic mass is 19.4. The van der Waals surface area contributed by atoms with Crippen molar-refractivity contribution < 1.29 is 17.9 Å². The van der Waals surface area contributed by atoms with Gasteiger partial charge in [0.1, 0.15) is 11.6 Å². The molecule has 21 heavy (non-hydrogen) atoms. The van der Waals surface area contributed by atoms with Crippen LogP contribution in [0.1, 0.15) is 32.0 Å². The Bertz CT molecular complexity index is 426. The molecule has 120 valence electrons. The summed E-state index contributed by atoms with van der Waals surface area (Å²) in [6, 6.07) is 1.48. The minimum Gasteiger partial charge on any atom is -0.385 e. The average Bonchev–Trinajstić information content (AvgIpc) is 2.42. The first kappa shape index (κ1) is 17.5. The third-order valence-electron chi connectivity index (χ3n) is 2.67. The Morgan fingerprint density at radius 3 is 2.33 bits per heavy atom. The number of rotatable bonds is 9. The maximum Gasteiger partial charge on any atom is 0.451 e. The highest BCUT2D eigenvalue weighted by Crippen LogP contribution is 2.28. The van der Waals surface area contributed by atoms with Gasteiger partial charge >= 0.3 is 6.18 Å². The maximum atomic E-state index is 12.7. The lowest BCUT2D eigenvalue weighted by Crippen LogP contribution is -2.15. The van der Waals surface area contributed by atoms with E-state index in [4.69, 9.17) is 4.74 Å². The summed E-state index contributed by atoms with van der Waals surface area (Å²) in [6.45, 7) is 3.53. The number of hydrogen-bond acceptors (Lipinski definition) is 5. The summed E-state index contributed by atoms with van der Waals surface area (Å²) < 4.78 is 43.1. The van der Waals surface area contributed by atoms with Gasteiger partial charge in [0.2, 0.25) is 5.82 Å². The molecule has 0 saturated carbocycles. The minimum atomic E-state index is -4.56. The molecule has 0 bridgehead atoms. The summed E-state index contributed by atoms with van der Waals surface area (Å²) in [7, 11) is 1.64. The molecule has 5 nitrogen and oxygen atoms in total. The number of alkyl halides is 3. The lowest BCUT2D eigenvalue weighted by atomic mass is 10.2. The predicted molar refractivity (Wildman–Crippen MR) is 75.4 cm³/mol. The Morgan fingerprint density at radius 1 is 1.10 bits per heavy atom. The SMILES string of the molecule is CCNc1cc(NCCCCCOC)nc(C(F)(F)F)n1. The number of hydrogen-bond donors (Lipinski definition) is 2. The van der Waals surface area contributed by atoms with Crippen molar-refractivity contribution in [2.45, 2.75) is 32.4 Å². The second-order valence-electron chi connectivity index (χ2n) is 4.47. The molecule has 1 heterocycles. The lowest BCUT2D eigenvalue weighted by Gasteiger charge is -2.12. The maximum absolute atomic E-state index is 12.7. The molecule has 0 aliphatic rings. The van der Waals surface area contributed by atoms with Crippen LogP contribution in [0.4, 0.5) is 24.8 Å². The molecule has 1 aromatic heterocycles. The smallest absolute Gasteiger partial charge is 0.385 e. The molecule has 0 spiro atoms. The van der Waals surface area contributed by atoms with Gasteiger partial charge in [-0.1, -0.05) is 0 Å². The van der Waals surface area contributed by atoms with Gasteiger partial charge in [-0.3, -0.25) is 0 Å². The summed E-state index contributed by atoms with van der Waals surface area (Å²) in [4.78, 5) is 6.97. The summed E-state index contributed by atoms with van der Waals surface area (Å²) in [5, 5.41) is 5.67. The topological polar surface area (TPSA) is 59.1 Å². The lowest BCUT2D eigenvalue weighted by molar-refractivity contribution is -0.144. The zero-order valence-electron chi connectivity index (χ0n) is 12.3. The molecular weight excluding hydrogens is 285 g/mol. The molecule has 1 rings (SSSR count). The van der Waals surface area contributed by atoms with Crippen molar-refractivity contribution in [1.82, 2.24) is 9.97 Å². The van der Waals surface area contributed by atoms with Crippen molar-refractivity contribution in [3.8, 4) is 0 Å². The van der Waals surface area contributed by atoms with Crippen LogP contribution in [-0.4, -0.2) is 36.8 Å². The van der Waals surface area contributed by atoms with Crippen molar-refractivity contribution in [2.24, 2.45) is 0 Å². The van der Waals surface area contributed by atoms with Gasteiger partial charge in [-0.15, -0.1) is 0 Å². The number of halogens is 3. The molecule has 0 aromatic carbocycles. The summed E-state index contributed by atoms with van der Waals surface area (Å²) in [5.41, 5.74) is 0. The monoisotopic (exact) mass is 306 g/mol. The van der Waals surface area contributed by atoms with Gasteiger partial charge < -0.3 is 15.4 Å². The first-order chi connectivity index (χ1) is 9.97. The molecule has 2 N–H and O–H groups in total. The molecule has 0 aliphatic heterocycles. The molecule has 8 heteroatoms. The zero-order valence-corrected chi connectivity index (χ0v) is 12.3. The highest BCUT2D eigenvalue weighted by molar-refractivity contribution is 5.47. The van der Waals surface area contributed by atoms with Crippen LogP contribution >= 0.6 is 0 Å². The largest absolute Gasteiger partial charge is 0.451 e. The Balaban J connectivity index is 2.61. The van der Waals surface area contributed by atoms with E-state index in [1.54, 1.807) is 14.0 Å². The number of anilines is 2. The number of ether oxygens (including phenoxy) is 1. The third-order valence-corrected chi connectivity index (χ3v) is 2.67. The van der Waals surface area contributed by atoms with Gasteiger partial charge in [0, 0.05) is 32.9 Å². The fraction of sp³-hybridized carbons (Fsp3) is 0.692. The van der Waals surface area contributed by atoms with E-state index in [0.29, 0.717) is 19.7 Å². The fourth-order valence-electron chi connectivity index (χ4n) is 1.70. The normalized spacial score (nSPS) is 11.5. The quantitative estimate of drug-likeness (QED) is 0.686. The van der Waals surface area contributed by atoms with E-state index in [0.717, 1.165) is 19.3 Å². The van der Waals surface area contributed by atoms with Crippen LogP contribution in [0.2, 0.25) is 0 Å². The van der Waals surface area contributed by atoms with E-state index in [9.17, 15) is 13.2 Å². The molecule has 0 aliphatic carbocycles. The molecule has 0 radical (unpaired) electrons. The van der Waals surface area contributed by atoms with Crippen molar-refractivity contribution >= 4 is 11.6 Å². The van der Waals surface area contributed by atoms with Crippen LogP contribution in [0.3, 0.4) is 0 Å². The number of nitrogens with zero attached hydrogens (tertiary/aromatic N) is 2. The van der Waals surface area contributed by atoms with Gasteiger partial charge in [-0.05, 0) is 26.2 Å². The van der Waals surface area contributed by atoms with Crippen LogP contribution in [0.15, 0.2) is 6.07 Å². The Kier molecular flexibility index (Phi) is 7.21. The van der Waals surface area contributed by atoms with Crippen LogP contribution < -0.4 is 10.6 Å². The van der Waals surface area contributed by atoms with Gasteiger partial charge in [0.15, 0.2) is 0 Å². The Labute approximate surface area is 122 Å². The van der Waals surface area contributed by atoms with Crippen LogP contribution in [0, 0.1) is 0 Å². The summed E-state index contributed by atoms with van der Waals surface area (Å²) >= 11 is 0. The third kappa shape index (κ3) is 6.61. The van der Waals surface area contributed by atoms with Crippen LogP contribution in [0.5, 0.6) is 0 Å². The van der Waals surface area contributed by atoms with E-state index >= 15 is 0 Å². The van der Waals surface area contributed by atoms with E-state index in [-0.39, 0.29) is 11.6 Å². The second kappa shape index (κ2) is 8.66. The van der Waals surface area contributed by atoms with E-state index < -0.39 is 12.0 Å². The molecular formula is C13H21F3N4O. The first-order valence-electron chi connectivity index (χ1n) is 6.90. The Morgan fingerprint density at radius 2 is 1.76 bits per heavy atom. The van der Waals surface area contributed by atoms with Crippen molar-refractivity contribution in [1.29, 1.82) is 0 Å². The average molecular weight is 306 g/mol. The Hall–Kier alpha value is -1.57. The standard InChI is InChI=1S/C13H21F3N4O/c1-3-17-10-9-11(18-7-5-4-6-8-21-2)20-12(19-10)13(14,15)16/h9H,3-8H2,1-2H3,(H2,17,18,19,20). The fourth-order valence-corrected chi connectivity index (χ4v) is 1.70. The molecule has 0 fully saturated rings. The number of unbranched alkanes of at least 4 members (excludes halogenated alkanes) is 2. The molecule has 1 aromatic rings. The van der Waals surface area contributed by atoms with Gasteiger partial charge in [-0.2, -0.15) is 13.2 Å². The number of nitrogens with one attached hydrogen (secondary N) is 2. The van der Waals surface area contributed by atoms with Gasteiger partial charge in [0.05, 0.1) is 0 Å².